The van der Waals surface area contributed by atoms with Crippen molar-refractivity contribution < 1.29 is 14.3 Å². The molecule has 3 rings (SSSR count). The first kappa shape index (κ1) is 11.7. The van der Waals surface area contributed by atoms with Crippen LogP contribution in [0.15, 0.2) is 12.1 Å². The number of fused-ring (bicyclic) bond motifs is 1. The van der Waals surface area contributed by atoms with Crippen LogP contribution in [-0.4, -0.2) is 11.1 Å². The van der Waals surface area contributed by atoms with Crippen molar-refractivity contribution >= 4 is 5.97 Å². The van der Waals surface area contributed by atoms with E-state index in [1.54, 1.807) is 6.07 Å². The highest BCUT2D eigenvalue weighted by Gasteiger charge is 2.45. The lowest BCUT2D eigenvalue weighted by Crippen LogP contribution is -2.33. The van der Waals surface area contributed by atoms with E-state index < -0.39 is 11.4 Å². The number of hydrogen-bond donors (Lipinski definition) is 1. The van der Waals surface area contributed by atoms with Gasteiger partial charge in [0.2, 0.25) is 0 Å². The van der Waals surface area contributed by atoms with Crippen LogP contribution in [0.1, 0.15) is 48.8 Å². The third-order valence-electron chi connectivity index (χ3n) is 4.56. The summed E-state index contributed by atoms with van der Waals surface area (Å²) in [6, 6.07) is 3.40. The maximum atomic E-state index is 14.2. The van der Waals surface area contributed by atoms with E-state index in [4.69, 9.17) is 0 Å². The highest BCUT2D eigenvalue weighted by Crippen LogP contribution is 2.43. The number of aliphatic carboxylic acids is 1. The zero-order valence-electron chi connectivity index (χ0n) is 10.3. The molecule has 0 radical (unpaired) electrons. The van der Waals surface area contributed by atoms with E-state index in [1.165, 1.54) is 0 Å². The number of aryl methyl sites for hydroxylation is 2. The lowest BCUT2D eigenvalue weighted by molar-refractivity contribution is -0.143. The second-order valence-electron chi connectivity index (χ2n) is 5.55. The molecule has 0 saturated heterocycles. The Bertz CT molecular complexity index is 501. The van der Waals surface area contributed by atoms with Gasteiger partial charge in [0, 0.05) is 5.56 Å². The van der Waals surface area contributed by atoms with E-state index >= 15 is 0 Å². The topological polar surface area (TPSA) is 37.3 Å². The van der Waals surface area contributed by atoms with Crippen molar-refractivity contribution in [2.24, 2.45) is 0 Å². The third-order valence-corrected chi connectivity index (χ3v) is 4.56. The average Bonchev–Trinajstić information content (AvgIpc) is 2.95. The molecule has 2 aliphatic rings. The van der Waals surface area contributed by atoms with E-state index in [2.05, 4.69) is 0 Å². The quantitative estimate of drug-likeness (QED) is 0.872. The van der Waals surface area contributed by atoms with Crippen molar-refractivity contribution in [1.82, 2.24) is 0 Å². The van der Waals surface area contributed by atoms with E-state index in [-0.39, 0.29) is 5.82 Å². The molecule has 1 aromatic carbocycles. The summed E-state index contributed by atoms with van der Waals surface area (Å²) in [6.45, 7) is 0. The molecular weight excluding hydrogens is 231 g/mol. The molecule has 0 aliphatic heterocycles. The van der Waals surface area contributed by atoms with Crippen molar-refractivity contribution in [3.05, 3.63) is 34.6 Å². The normalized spacial score (nSPS) is 20.9. The molecule has 3 heteroatoms. The van der Waals surface area contributed by atoms with Gasteiger partial charge in [0.25, 0.3) is 0 Å². The second kappa shape index (κ2) is 4.08. The fourth-order valence-corrected chi connectivity index (χ4v) is 3.54. The average molecular weight is 248 g/mol. The van der Waals surface area contributed by atoms with Crippen molar-refractivity contribution in [3.63, 3.8) is 0 Å². The van der Waals surface area contributed by atoms with Gasteiger partial charge in [-0.25, -0.2) is 4.39 Å². The summed E-state index contributed by atoms with van der Waals surface area (Å²) in [5.41, 5.74) is 1.67. The fraction of sp³-hybridized carbons (Fsp3) is 0.533. The van der Waals surface area contributed by atoms with Crippen LogP contribution in [0.3, 0.4) is 0 Å². The molecule has 1 saturated carbocycles. The lowest BCUT2D eigenvalue weighted by atomic mass is 9.77. The predicted molar refractivity (Wildman–Crippen MR) is 66.2 cm³/mol. The van der Waals surface area contributed by atoms with Gasteiger partial charge in [-0.1, -0.05) is 18.9 Å². The molecule has 96 valence electrons. The highest BCUT2D eigenvalue weighted by molar-refractivity contribution is 5.82. The first-order valence-corrected chi connectivity index (χ1v) is 6.69. The molecule has 0 aromatic heterocycles. The number of halogens is 1. The number of carbonyl (C=O) groups is 1. The molecule has 0 heterocycles. The zero-order valence-corrected chi connectivity index (χ0v) is 10.3. The molecule has 1 aromatic rings. The van der Waals surface area contributed by atoms with Crippen molar-refractivity contribution in [1.29, 1.82) is 0 Å². The maximum absolute atomic E-state index is 14.2. The largest absolute Gasteiger partial charge is 0.481 e. The minimum Gasteiger partial charge on any atom is -0.481 e. The number of hydrogen-bond acceptors (Lipinski definition) is 1. The van der Waals surface area contributed by atoms with Gasteiger partial charge in [-0.05, 0) is 49.3 Å². The first-order chi connectivity index (χ1) is 8.63. The smallest absolute Gasteiger partial charge is 0.314 e. The Morgan fingerprint density at radius 2 is 1.72 bits per heavy atom. The first-order valence-electron chi connectivity index (χ1n) is 6.69. The molecule has 0 bridgehead atoms. The van der Waals surface area contributed by atoms with Gasteiger partial charge in [-0.3, -0.25) is 4.79 Å². The summed E-state index contributed by atoms with van der Waals surface area (Å²) in [4.78, 5) is 11.6. The van der Waals surface area contributed by atoms with Crippen LogP contribution in [0.4, 0.5) is 4.39 Å². The molecule has 1 fully saturated rings. The predicted octanol–water partition coefficient (Wildman–Crippen LogP) is 3.21. The van der Waals surface area contributed by atoms with Crippen LogP contribution in [0.5, 0.6) is 0 Å². The second-order valence-corrected chi connectivity index (χ2v) is 5.55. The van der Waals surface area contributed by atoms with Crippen LogP contribution in [0, 0.1) is 5.82 Å². The molecule has 0 spiro atoms. The van der Waals surface area contributed by atoms with Gasteiger partial charge < -0.3 is 5.11 Å². The van der Waals surface area contributed by atoms with Gasteiger partial charge in [-0.2, -0.15) is 0 Å². The van der Waals surface area contributed by atoms with Crippen molar-refractivity contribution in [3.8, 4) is 0 Å². The van der Waals surface area contributed by atoms with Crippen LogP contribution < -0.4 is 0 Å². The summed E-state index contributed by atoms with van der Waals surface area (Å²) in [5.74, 6) is -1.18. The summed E-state index contributed by atoms with van der Waals surface area (Å²) < 4.78 is 14.2. The molecule has 0 unspecified atom stereocenters. The molecule has 2 nitrogen and oxygen atoms in total. The fourth-order valence-electron chi connectivity index (χ4n) is 3.54. The number of carboxylic acids is 1. The zero-order chi connectivity index (χ0) is 12.8. The van der Waals surface area contributed by atoms with Gasteiger partial charge in [0.05, 0.1) is 5.41 Å². The van der Waals surface area contributed by atoms with Gasteiger partial charge in [-0.15, -0.1) is 0 Å². The van der Waals surface area contributed by atoms with Crippen LogP contribution >= 0.6 is 0 Å². The van der Waals surface area contributed by atoms with Crippen LogP contribution in [-0.2, 0) is 23.1 Å². The third kappa shape index (κ3) is 1.57. The highest BCUT2D eigenvalue weighted by atomic mass is 19.1. The van der Waals surface area contributed by atoms with Crippen molar-refractivity contribution in [2.75, 3.05) is 0 Å². The Morgan fingerprint density at radius 1 is 1.11 bits per heavy atom. The van der Waals surface area contributed by atoms with E-state index in [0.717, 1.165) is 43.2 Å². The van der Waals surface area contributed by atoms with Gasteiger partial charge >= 0.3 is 5.97 Å². The number of benzene rings is 1. The van der Waals surface area contributed by atoms with Crippen molar-refractivity contribution in [2.45, 2.75) is 50.4 Å². The van der Waals surface area contributed by atoms with Crippen LogP contribution in [0.25, 0.3) is 0 Å². The SMILES string of the molecule is O=C(O)C1(c2cc3c(cc2F)CCC3)CCCC1. The molecular formula is C15H17FO2. The standard InChI is InChI=1S/C15H17FO2/c16-13-9-11-5-3-4-10(11)8-12(13)15(14(17)18)6-1-2-7-15/h8-9H,1-7H2,(H,17,18). The summed E-state index contributed by atoms with van der Waals surface area (Å²) in [6.07, 6.45) is 5.82. The molecule has 18 heavy (non-hydrogen) atoms. The van der Waals surface area contributed by atoms with Gasteiger partial charge in [0.15, 0.2) is 0 Å². The van der Waals surface area contributed by atoms with E-state index in [1.807, 2.05) is 6.07 Å². The summed E-state index contributed by atoms with van der Waals surface area (Å²) >= 11 is 0. The minimum atomic E-state index is -0.971. The Morgan fingerprint density at radius 3 is 2.33 bits per heavy atom. The lowest BCUT2D eigenvalue weighted by Gasteiger charge is -2.25. The molecule has 2 aliphatic carbocycles. The Labute approximate surface area is 106 Å². The van der Waals surface area contributed by atoms with E-state index in [9.17, 15) is 14.3 Å². The number of rotatable bonds is 2. The minimum absolute atomic E-state index is 0.319. The van der Waals surface area contributed by atoms with E-state index in [0.29, 0.717) is 18.4 Å². The number of carboxylic acid groups (broad SMARTS) is 1. The van der Waals surface area contributed by atoms with Gasteiger partial charge in [0.1, 0.15) is 5.82 Å². The summed E-state index contributed by atoms with van der Waals surface area (Å²) in [7, 11) is 0. The summed E-state index contributed by atoms with van der Waals surface area (Å²) in [5, 5.41) is 9.52. The van der Waals surface area contributed by atoms with Crippen LogP contribution in [0.2, 0.25) is 0 Å². The Balaban J connectivity index is 2.13. The molecule has 0 amide bonds. The Kier molecular flexibility index (Phi) is 2.65. The Hall–Kier alpha value is -1.38. The molecule has 1 N–H and O–H groups in total. The molecule has 0 atom stereocenters. The monoisotopic (exact) mass is 248 g/mol. The maximum Gasteiger partial charge on any atom is 0.314 e.